The highest BCUT2D eigenvalue weighted by Gasteiger charge is 2.31. The number of hydrogen-bond donors (Lipinski definition) is 0. The zero-order chi connectivity index (χ0) is 24.9. The van der Waals surface area contributed by atoms with Crippen LogP contribution < -0.4 is 14.4 Å². The van der Waals surface area contributed by atoms with Gasteiger partial charge in [-0.25, -0.2) is 0 Å². The number of halogens is 2. The summed E-state index contributed by atoms with van der Waals surface area (Å²) >= 11 is 7.15. The molecule has 0 saturated heterocycles. The second-order valence-corrected chi connectivity index (χ2v) is 11.1. The number of ether oxygens (including phenoxy) is 2. The normalized spacial score (nSPS) is 13.7. The molecule has 5 aromatic rings. The minimum atomic E-state index is -0.662. The molecule has 5 heteroatoms. The van der Waals surface area contributed by atoms with Crippen LogP contribution in [0.2, 0.25) is 0 Å². The fourth-order valence-electron chi connectivity index (χ4n) is 4.68. The number of nitrogens with zero attached hydrogens (tertiary/aromatic N) is 1. The van der Waals surface area contributed by atoms with E-state index in [9.17, 15) is 0 Å². The Balaban J connectivity index is 1.56. The van der Waals surface area contributed by atoms with E-state index in [2.05, 4.69) is 134 Å². The molecular formula is C31H23Br2NO2. The summed E-state index contributed by atoms with van der Waals surface area (Å²) < 4.78 is 14.1. The summed E-state index contributed by atoms with van der Waals surface area (Å²) in [5.41, 5.74) is 5.45. The van der Waals surface area contributed by atoms with Crippen LogP contribution in [0.25, 0.3) is 21.9 Å². The molecule has 0 N–H and O–H groups in total. The molecule has 6 rings (SSSR count). The summed E-state index contributed by atoms with van der Waals surface area (Å²) in [7, 11) is 0. The van der Waals surface area contributed by atoms with Crippen molar-refractivity contribution >= 4 is 59.7 Å². The van der Waals surface area contributed by atoms with Crippen LogP contribution in [0, 0.1) is 0 Å². The summed E-state index contributed by atoms with van der Waals surface area (Å²) in [6, 6.07) is 36.0. The summed E-state index contributed by atoms with van der Waals surface area (Å²) in [6.07, 6.45) is 0. The zero-order valence-electron chi connectivity index (χ0n) is 19.8. The average Bonchev–Trinajstić information content (AvgIpc) is 3.19. The highest BCUT2D eigenvalue weighted by molar-refractivity contribution is 9.10. The highest BCUT2D eigenvalue weighted by Crippen LogP contribution is 2.45. The van der Waals surface area contributed by atoms with E-state index in [0.717, 1.165) is 48.6 Å². The molecule has 3 nitrogen and oxygen atoms in total. The lowest BCUT2D eigenvalue weighted by Gasteiger charge is -2.27. The lowest BCUT2D eigenvalue weighted by atomic mass is 9.96. The number of anilines is 3. The summed E-state index contributed by atoms with van der Waals surface area (Å²) in [4.78, 5) is 2.28. The first-order valence-corrected chi connectivity index (χ1v) is 13.3. The summed E-state index contributed by atoms with van der Waals surface area (Å²) in [6.45, 7) is 3.86. The minimum absolute atomic E-state index is 0.662. The van der Waals surface area contributed by atoms with Crippen molar-refractivity contribution in [1.82, 2.24) is 0 Å². The Morgan fingerprint density at radius 3 is 1.89 bits per heavy atom. The Kier molecular flexibility index (Phi) is 5.78. The van der Waals surface area contributed by atoms with E-state index in [1.165, 1.54) is 10.8 Å². The summed E-state index contributed by atoms with van der Waals surface area (Å²) in [5.74, 6) is 0.880. The van der Waals surface area contributed by atoms with Gasteiger partial charge in [-0.2, -0.15) is 0 Å². The van der Waals surface area contributed by atoms with Crippen LogP contribution in [0.3, 0.4) is 0 Å². The Morgan fingerprint density at radius 1 is 0.611 bits per heavy atom. The second-order valence-electron chi connectivity index (χ2n) is 9.27. The molecule has 5 aromatic carbocycles. The van der Waals surface area contributed by atoms with Crippen molar-refractivity contribution in [3.05, 3.63) is 112 Å². The third-order valence-corrected chi connectivity index (χ3v) is 7.30. The van der Waals surface area contributed by atoms with Crippen LogP contribution >= 0.6 is 31.9 Å². The van der Waals surface area contributed by atoms with Gasteiger partial charge in [-0.15, -0.1) is 0 Å². The molecule has 0 aliphatic carbocycles. The van der Waals surface area contributed by atoms with Crippen LogP contribution in [-0.4, -0.2) is 5.79 Å². The van der Waals surface area contributed by atoms with Gasteiger partial charge in [-0.05, 0) is 94.7 Å². The predicted octanol–water partition coefficient (Wildman–Crippen LogP) is 10.0. The third kappa shape index (κ3) is 4.38. The molecule has 0 radical (unpaired) electrons. The molecule has 0 unspecified atom stereocenters. The maximum atomic E-state index is 6.07. The Morgan fingerprint density at radius 2 is 1.22 bits per heavy atom. The number of hydrogen-bond acceptors (Lipinski definition) is 3. The maximum Gasteiger partial charge on any atom is 0.246 e. The van der Waals surface area contributed by atoms with E-state index in [0.29, 0.717) is 0 Å². The monoisotopic (exact) mass is 599 g/mol. The van der Waals surface area contributed by atoms with Gasteiger partial charge in [0.2, 0.25) is 5.79 Å². The van der Waals surface area contributed by atoms with E-state index in [4.69, 9.17) is 9.47 Å². The first-order chi connectivity index (χ1) is 17.4. The molecular weight excluding hydrogens is 578 g/mol. The third-order valence-electron chi connectivity index (χ3n) is 6.24. The van der Waals surface area contributed by atoms with Gasteiger partial charge in [-0.3, -0.25) is 0 Å². The van der Waals surface area contributed by atoms with Crippen LogP contribution in [0.4, 0.5) is 17.1 Å². The van der Waals surface area contributed by atoms with Crippen LogP contribution in [-0.2, 0) is 0 Å². The van der Waals surface area contributed by atoms with Gasteiger partial charge in [0.15, 0.2) is 11.5 Å². The fourth-order valence-corrected chi connectivity index (χ4v) is 5.21. The van der Waals surface area contributed by atoms with Crippen molar-refractivity contribution in [1.29, 1.82) is 0 Å². The number of fused-ring (bicyclic) bond motifs is 2. The standard InChI is InChI=1S/C31H23Br2NO2/c1-31(2)35-29-16-7-21(18-30(29)36-31)28-19-26(17-20-5-3-4-6-27(20)28)34(24-12-8-22(32)9-13-24)25-14-10-23(33)11-15-25/h3-19H,1-2H3. The van der Waals surface area contributed by atoms with Gasteiger partial charge in [0.25, 0.3) is 0 Å². The van der Waals surface area contributed by atoms with Gasteiger partial charge < -0.3 is 14.4 Å². The van der Waals surface area contributed by atoms with Gasteiger partial charge in [0.05, 0.1) is 0 Å². The summed E-state index contributed by atoms with van der Waals surface area (Å²) in [5, 5.41) is 2.35. The van der Waals surface area contributed by atoms with Crippen molar-refractivity contribution in [3.63, 3.8) is 0 Å². The quantitative estimate of drug-likeness (QED) is 0.205. The molecule has 0 bridgehead atoms. The predicted molar refractivity (Wildman–Crippen MR) is 155 cm³/mol. The van der Waals surface area contributed by atoms with E-state index < -0.39 is 5.79 Å². The lowest BCUT2D eigenvalue weighted by molar-refractivity contribution is -0.0431. The SMILES string of the molecule is CC1(C)Oc2ccc(-c3cc(N(c4ccc(Br)cc4)c4ccc(Br)cc4)cc4ccccc34)cc2O1. The second kappa shape index (κ2) is 8.99. The van der Waals surface area contributed by atoms with Gasteiger partial charge in [-0.1, -0.05) is 62.2 Å². The molecule has 0 fully saturated rings. The van der Waals surface area contributed by atoms with Gasteiger partial charge in [0.1, 0.15) is 0 Å². The average molecular weight is 601 g/mol. The van der Waals surface area contributed by atoms with Crippen LogP contribution in [0.5, 0.6) is 11.5 Å². The van der Waals surface area contributed by atoms with Gasteiger partial charge in [0, 0.05) is 39.9 Å². The molecule has 178 valence electrons. The van der Waals surface area contributed by atoms with E-state index in [-0.39, 0.29) is 0 Å². The lowest BCUT2D eigenvalue weighted by Crippen LogP contribution is -2.29. The molecule has 1 aliphatic heterocycles. The van der Waals surface area contributed by atoms with Crippen molar-refractivity contribution < 1.29 is 9.47 Å². The van der Waals surface area contributed by atoms with Crippen LogP contribution in [0.1, 0.15) is 13.8 Å². The maximum absolute atomic E-state index is 6.07. The minimum Gasteiger partial charge on any atom is -0.449 e. The molecule has 1 heterocycles. The molecule has 0 atom stereocenters. The highest BCUT2D eigenvalue weighted by atomic mass is 79.9. The van der Waals surface area contributed by atoms with Crippen molar-refractivity contribution in [2.45, 2.75) is 19.6 Å². The van der Waals surface area contributed by atoms with Crippen molar-refractivity contribution in [2.24, 2.45) is 0 Å². The number of benzene rings is 5. The zero-order valence-corrected chi connectivity index (χ0v) is 23.0. The van der Waals surface area contributed by atoms with E-state index in [1.54, 1.807) is 0 Å². The smallest absolute Gasteiger partial charge is 0.246 e. The van der Waals surface area contributed by atoms with Gasteiger partial charge >= 0.3 is 0 Å². The molecule has 0 saturated carbocycles. The van der Waals surface area contributed by atoms with Crippen molar-refractivity contribution in [2.75, 3.05) is 4.90 Å². The topological polar surface area (TPSA) is 21.7 Å². The molecule has 1 aliphatic rings. The van der Waals surface area contributed by atoms with Crippen LogP contribution in [0.15, 0.2) is 112 Å². The molecule has 36 heavy (non-hydrogen) atoms. The Hall–Kier alpha value is -3.28. The van der Waals surface area contributed by atoms with E-state index >= 15 is 0 Å². The van der Waals surface area contributed by atoms with Crippen molar-refractivity contribution in [3.8, 4) is 22.6 Å². The number of rotatable bonds is 4. The fraction of sp³-hybridized carbons (Fsp3) is 0.0968. The Bertz CT molecular complexity index is 1530. The molecule has 0 spiro atoms. The molecule has 0 aromatic heterocycles. The Labute approximate surface area is 227 Å². The largest absolute Gasteiger partial charge is 0.449 e. The first-order valence-electron chi connectivity index (χ1n) is 11.7. The molecule has 0 amide bonds. The first kappa shape index (κ1) is 23.1. The van der Waals surface area contributed by atoms with E-state index in [1.807, 2.05) is 19.9 Å².